The maximum Gasteiger partial charge on any atom is 0.497 e. The van der Waals surface area contributed by atoms with Gasteiger partial charge in [0.2, 0.25) is 0 Å². The molecule has 1 fully saturated rings. The molecule has 0 atom stereocenters. The first-order valence-electron chi connectivity index (χ1n) is 8.88. The van der Waals surface area contributed by atoms with E-state index in [0.717, 1.165) is 0 Å². The van der Waals surface area contributed by atoms with Gasteiger partial charge in [0.1, 0.15) is 11.6 Å². The van der Waals surface area contributed by atoms with Crippen LogP contribution >= 0.6 is 11.6 Å². The van der Waals surface area contributed by atoms with Gasteiger partial charge in [-0.25, -0.2) is 12.8 Å². The average Bonchev–Trinajstić information content (AvgIpc) is 2.84. The van der Waals surface area contributed by atoms with Crippen LogP contribution in [0.2, 0.25) is 5.02 Å². The second kappa shape index (κ2) is 7.47. The van der Waals surface area contributed by atoms with E-state index in [2.05, 4.69) is 4.72 Å². The summed E-state index contributed by atoms with van der Waals surface area (Å²) >= 11 is 6.01. The molecule has 6 nitrogen and oxygen atoms in total. The molecule has 1 saturated heterocycles. The third-order valence-electron chi connectivity index (χ3n) is 5.21. The Morgan fingerprint density at radius 3 is 2.28 bits per heavy atom. The van der Waals surface area contributed by atoms with Crippen molar-refractivity contribution in [3.63, 3.8) is 0 Å². The van der Waals surface area contributed by atoms with Gasteiger partial charge >= 0.3 is 7.12 Å². The van der Waals surface area contributed by atoms with Crippen molar-refractivity contribution in [1.82, 2.24) is 0 Å². The Morgan fingerprint density at radius 1 is 1.10 bits per heavy atom. The fourth-order valence-corrected chi connectivity index (χ4v) is 4.21. The van der Waals surface area contributed by atoms with Crippen molar-refractivity contribution in [2.75, 3.05) is 11.8 Å². The lowest BCUT2D eigenvalue weighted by Crippen LogP contribution is -2.41. The third-order valence-corrected chi connectivity index (χ3v) is 6.87. The van der Waals surface area contributed by atoms with Crippen LogP contribution in [0.15, 0.2) is 41.3 Å². The average molecular weight is 442 g/mol. The first-order chi connectivity index (χ1) is 13.4. The predicted octanol–water partition coefficient (Wildman–Crippen LogP) is 3.59. The van der Waals surface area contributed by atoms with Gasteiger partial charge in [-0.3, -0.25) is 4.72 Å². The lowest BCUT2D eigenvalue weighted by atomic mass is 9.78. The van der Waals surface area contributed by atoms with Crippen molar-refractivity contribution in [3.8, 4) is 5.75 Å². The second-order valence-electron chi connectivity index (χ2n) is 7.70. The molecule has 10 heteroatoms. The molecule has 3 rings (SSSR count). The maximum atomic E-state index is 15.1. The lowest BCUT2D eigenvalue weighted by molar-refractivity contribution is 0.00578. The number of rotatable bonds is 5. The highest BCUT2D eigenvalue weighted by Gasteiger charge is 2.52. The van der Waals surface area contributed by atoms with E-state index in [4.69, 9.17) is 25.6 Å². The summed E-state index contributed by atoms with van der Waals surface area (Å²) in [6.45, 7) is 7.41. The number of benzene rings is 2. The molecule has 29 heavy (non-hydrogen) atoms. The molecule has 0 bridgehead atoms. The van der Waals surface area contributed by atoms with Crippen LogP contribution in [0.25, 0.3) is 0 Å². The summed E-state index contributed by atoms with van der Waals surface area (Å²) in [5.41, 5.74) is -1.42. The van der Waals surface area contributed by atoms with Crippen LogP contribution in [0.5, 0.6) is 5.75 Å². The molecule has 0 amide bonds. The number of hydrogen-bond donors (Lipinski definition) is 1. The first kappa shape index (κ1) is 21.9. The third kappa shape index (κ3) is 4.09. The lowest BCUT2D eigenvalue weighted by Gasteiger charge is -2.32. The number of methoxy groups -OCH3 is 1. The van der Waals surface area contributed by atoms with E-state index in [9.17, 15) is 8.42 Å². The summed E-state index contributed by atoms with van der Waals surface area (Å²) in [5, 5.41) is 0.127. The number of sulfonamides is 1. The summed E-state index contributed by atoms with van der Waals surface area (Å²) in [7, 11) is -3.62. The van der Waals surface area contributed by atoms with Crippen LogP contribution in [0.1, 0.15) is 27.7 Å². The van der Waals surface area contributed by atoms with Crippen LogP contribution in [0.3, 0.4) is 0 Å². The van der Waals surface area contributed by atoms with Crippen molar-refractivity contribution in [2.24, 2.45) is 0 Å². The van der Waals surface area contributed by atoms with E-state index >= 15 is 4.39 Å². The number of ether oxygens (including phenoxy) is 1. The van der Waals surface area contributed by atoms with E-state index in [-0.39, 0.29) is 21.1 Å². The molecule has 0 spiro atoms. The minimum Gasteiger partial charge on any atom is -0.495 e. The summed E-state index contributed by atoms with van der Waals surface area (Å²) in [4.78, 5) is -0.122. The molecule has 0 radical (unpaired) electrons. The summed E-state index contributed by atoms with van der Waals surface area (Å²) in [6.07, 6.45) is 0. The van der Waals surface area contributed by atoms with Crippen molar-refractivity contribution in [1.29, 1.82) is 0 Å². The van der Waals surface area contributed by atoms with E-state index in [1.54, 1.807) is 0 Å². The van der Waals surface area contributed by atoms with Gasteiger partial charge < -0.3 is 14.0 Å². The molecule has 1 N–H and O–H groups in total. The van der Waals surface area contributed by atoms with Gasteiger partial charge in [-0.05, 0) is 52.0 Å². The Morgan fingerprint density at radius 2 is 1.72 bits per heavy atom. The fourth-order valence-electron chi connectivity index (χ4n) is 2.80. The SMILES string of the molecule is COc1ccc(S(=O)(=O)Nc2cccc(B3OC(C)(C)C(C)(C)O3)c2F)cc1Cl. The Kier molecular flexibility index (Phi) is 5.64. The second-order valence-corrected chi connectivity index (χ2v) is 9.79. The van der Waals surface area contributed by atoms with E-state index in [1.165, 1.54) is 43.5 Å². The van der Waals surface area contributed by atoms with Gasteiger partial charge in [-0.15, -0.1) is 0 Å². The summed E-state index contributed by atoms with van der Waals surface area (Å²) < 4.78 is 59.6. The number of hydrogen-bond acceptors (Lipinski definition) is 5. The highest BCUT2D eigenvalue weighted by molar-refractivity contribution is 7.92. The van der Waals surface area contributed by atoms with Crippen LogP contribution in [0.4, 0.5) is 10.1 Å². The Bertz CT molecular complexity index is 1030. The molecule has 2 aromatic rings. The number of nitrogens with one attached hydrogen (secondary N) is 1. The molecule has 1 aliphatic rings. The minimum absolute atomic E-state index is 0.108. The molecule has 0 aliphatic carbocycles. The Hall–Kier alpha value is -1.81. The van der Waals surface area contributed by atoms with Crippen molar-refractivity contribution in [3.05, 3.63) is 47.2 Å². The van der Waals surface area contributed by atoms with E-state index < -0.39 is 34.2 Å². The molecule has 0 saturated carbocycles. The number of anilines is 1. The molecule has 1 aliphatic heterocycles. The van der Waals surface area contributed by atoms with Crippen molar-refractivity contribution < 1.29 is 26.9 Å². The smallest absolute Gasteiger partial charge is 0.495 e. The molecule has 0 aromatic heterocycles. The van der Waals surface area contributed by atoms with Crippen LogP contribution in [0, 0.1) is 5.82 Å². The zero-order chi connectivity index (χ0) is 21.6. The molecular weight excluding hydrogens is 420 g/mol. The molecule has 1 heterocycles. The van der Waals surface area contributed by atoms with Crippen LogP contribution in [-0.4, -0.2) is 33.8 Å². The zero-order valence-corrected chi connectivity index (χ0v) is 18.3. The van der Waals surface area contributed by atoms with Gasteiger partial charge in [-0.2, -0.15) is 0 Å². The van der Waals surface area contributed by atoms with Crippen molar-refractivity contribution in [2.45, 2.75) is 43.8 Å². The highest BCUT2D eigenvalue weighted by atomic mass is 35.5. The van der Waals surface area contributed by atoms with Gasteiger partial charge in [0.15, 0.2) is 0 Å². The first-order valence-corrected chi connectivity index (χ1v) is 10.7. The van der Waals surface area contributed by atoms with Gasteiger partial charge in [-0.1, -0.05) is 23.7 Å². The van der Waals surface area contributed by atoms with Gasteiger partial charge in [0.25, 0.3) is 10.0 Å². The van der Waals surface area contributed by atoms with E-state index in [1.807, 2.05) is 27.7 Å². The Labute approximate surface area is 175 Å². The van der Waals surface area contributed by atoms with Crippen LogP contribution in [-0.2, 0) is 19.3 Å². The van der Waals surface area contributed by atoms with Crippen molar-refractivity contribution >= 4 is 39.9 Å². The highest BCUT2D eigenvalue weighted by Crippen LogP contribution is 2.37. The maximum absolute atomic E-state index is 15.1. The molecule has 0 unspecified atom stereocenters. The minimum atomic E-state index is -4.08. The standard InChI is InChI=1S/C19H22BClFNO5S/c1-18(2)19(3,4)28-20(27-18)13-7-6-8-15(17(13)22)23-29(24,25)12-9-10-16(26-5)14(21)11-12/h6-11,23H,1-5H3. The Balaban J connectivity index is 1.91. The summed E-state index contributed by atoms with van der Waals surface area (Å²) in [6, 6.07) is 8.34. The van der Waals surface area contributed by atoms with Gasteiger partial charge in [0, 0.05) is 5.46 Å². The monoisotopic (exact) mass is 441 g/mol. The molecule has 156 valence electrons. The fraction of sp³-hybridized carbons (Fsp3) is 0.368. The number of halogens is 2. The normalized spacial score (nSPS) is 18.0. The van der Waals surface area contributed by atoms with Crippen LogP contribution < -0.4 is 14.9 Å². The van der Waals surface area contributed by atoms with E-state index in [0.29, 0.717) is 5.75 Å². The van der Waals surface area contributed by atoms with Gasteiger partial charge in [0.05, 0.1) is 33.9 Å². The molecular formula is C19H22BClFNO5S. The quantitative estimate of drug-likeness (QED) is 0.718. The topological polar surface area (TPSA) is 73.9 Å². The predicted molar refractivity (Wildman–Crippen MR) is 111 cm³/mol. The largest absolute Gasteiger partial charge is 0.497 e. The molecule has 2 aromatic carbocycles. The summed E-state index contributed by atoms with van der Waals surface area (Å²) in [5.74, 6) is -0.436. The zero-order valence-electron chi connectivity index (χ0n) is 16.7.